The molecule has 8 nitrogen and oxygen atoms in total. The first-order chi connectivity index (χ1) is 16.1. The molecule has 0 aliphatic carbocycles. The molecule has 0 saturated carbocycles. The Hall–Kier alpha value is -4.59. The van der Waals surface area contributed by atoms with E-state index in [9.17, 15) is 14.7 Å². The smallest absolute Gasteiger partial charge is 0.305 e. The minimum absolute atomic E-state index is 0.278. The number of fused-ring (bicyclic) bond motifs is 3. The Bertz CT molecular complexity index is 1460. The molecule has 0 spiro atoms. The molecule has 0 fully saturated rings. The Morgan fingerprint density at radius 1 is 1.00 bits per heavy atom. The van der Waals surface area contributed by atoms with Gasteiger partial charge < -0.3 is 15.2 Å². The summed E-state index contributed by atoms with van der Waals surface area (Å²) in [6.07, 6.45) is -0.304. The average Bonchev–Trinajstić information content (AvgIpc) is 3.38. The molecule has 33 heavy (non-hydrogen) atoms. The van der Waals surface area contributed by atoms with E-state index >= 15 is 0 Å². The van der Waals surface area contributed by atoms with Crippen molar-refractivity contribution in [2.24, 2.45) is 0 Å². The van der Waals surface area contributed by atoms with Crippen molar-refractivity contribution in [1.29, 1.82) is 0 Å². The number of H-pyrrole nitrogens is 1. The number of aromatic amines is 1. The Morgan fingerprint density at radius 2 is 1.73 bits per heavy atom. The third-order valence-electron chi connectivity index (χ3n) is 5.29. The molecular formula is C25H20N4O4. The molecule has 1 amide bonds. The summed E-state index contributed by atoms with van der Waals surface area (Å²) in [5.74, 6) is -0.391. The van der Waals surface area contributed by atoms with Gasteiger partial charge in [-0.15, -0.1) is 0 Å². The van der Waals surface area contributed by atoms with Gasteiger partial charge in [-0.1, -0.05) is 48.5 Å². The van der Waals surface area contributed by atoms with E-state index in [1.165, 1.54) is 0 Å². The Labute approximate surface area is 188 Å². The maximum absolute atomic E-state index is 13.1. The summed E-state index contributed by atoms with van der Waals surface area (Å²) in [7, 11) is 0. The number of aliphatic carboxylic acids is 1. The average molecular weight is 440 g/mol. The van der Waals surface area contributed by atoms with Crippen LogP contribution in [0.3, 0.4) is 0 Å². The summed E-state index contributed by atoms with van der Waals surface area (Å²) in [6.45, 7) is 0. The van der Waals surface area contributed by atoms with Gasteiger partial charge in [0.05, 0.1) is 23.5 Å². The number of rotatable bonds is 7. The van der Waals surface area contributed by atoms with Crippen LogP contribution in [-0.2, 0) is 4.79 Å². The number of benzene rings is 3. The lowest BCUT2D eigenvalue weighted by Crippen LogP contribution is -2.30. The van der Waals surface area contributed by atoms with E-state index in [1.54, 1.807) is 47.0 Å². The van der Waals surface area contributed by atoms with Crippen LogP contribution in [0.25, 0.3) is 16.7 Å². The van der Waals surface area contributed by atoms with Gasteiger partial charge in [0.2, 0.25) is 0 Å². The van der Waals surface area contributed by atoms with E-state index in [0.717, 1.165) is 11.0 Å². The molecule has 0 radical (unpaired) electrons. The fourth-order valence-corrected chi connectivity index (χ4v) is 3.78. The molecule has 5 aromatic rings. The molecule has 1 atom stereocenters. The van der Waals surface area contributed by atoms with Crippen LogP contribution in [-0.4, -0.2) is 31.6 Å². The Morgan fingerprint density at radius 3 is 2.55 bits per heavy atom. The van der Waals surface area contributed by atoms with Gasteiger partial charge in [0.25, 0.3) is 5.91 Å². The van der Waals surface area contributed by atoms with E-state index in [1.807, 2.05) is 42.5 Å². The van der Waals surface area contributed by atoms with Crippen LogP contribution in [0.5, 0.6) is 11.5 Å². The van der Waals surface area contributed by atoms with Gasteiger partial charge in [-0.05, 0) is 30.3 Å². The number of para-hydroxylation sites is 4. The van der Waals surface area contributed by atoms with Crippen LogP contribution in [0, 0.1) is 0 Å². The molecule has 3 N–H and O–H groups in total. The summed E-state index contributed by atoms with van der Waals surface area (Å²) in [5.41, 5.74) is 3.10. The lowest BCUT2D eigenvalue weighted by Gasteiger charge is -2.20. The fraction of sp³-hybridized carbons (Fsp3) is 0.0800. The highest BCUT2D eigenvalue weighted by molar-refractivity contribution is 5.95. The second-order valence-electron chi connectivity index (χ2n) is 7.54. The van der Waals surface area contributed by atoms with Crippen molar-refractivity contribution in [3.05, 3.63) is 96.2 Å². The summed E-state index contributed by atoms with van der Waals surface area (Å²) in [6, 6.07) is 24.7. The van der Waals surface area contributed by atoms with Crippen molar-refractivity contribution in [2.75, 3.05) is 0 Å². The second kappa shape index (κ2) is 8.51. The number of ether oxygens (including phenoxy) is 1. The maximum atomic E-state index is 13.1. The largest absolute Gasteiger partial charge is 0.481 e. The first kappa shape index (κ1) is 20.3. The summed E-state index contributed by atoms with van der Waals surface area (Å²) < 4.78 is 7.70. The summed E-state index contributed by atoms with van der Waals surface area (Å²) in [4.78, 5) is 29.2. The highest BCUT2D eigenvalue weighted by Gasteiger charge is 2.24. The van der Waals surface area contributed by atoms with Crippen molar-refractivity contribution < 1.29 is 19.4 Å². The standard InChI is InChI=1S/C25H20N4O4/c30-24(31)15-19(17-10-4-7-13-22(17)33-16-8-2-1-3-9-16)27-25(32)20-14-23-26-18-11-5-6-12-21(18)29(23)28-20/h1-14,19,28H,15H2,(H,27,32)(H,30,31). The topological polar surface area (TPSA) is 109 Å². The first-order valence-electron chi connectivity index (χ1n) is 10.4. The third-order valence-corrected chi connectivity index (χ3v) is 5.29. The number of nitrogens with zero attached hydrogens (tertiary/aromatic N) is 2. The second-order valence-corrected chi connectivity index (χ2v) is 7.54. The number of amides is 1. The summed E-state index contributed by atoms with van der Waals surface area (Å²) >= 11 is 0. The van der Waals surface area contributed by atoms with Crippen LogP contribution in [0.15, 0.2) is 84.9 Å². The van der Waals surface area contributed by atoms with Gasteiger partial charge in [0, 0.05) is 11.6 Å². The fourth-order valence-electron chi connectivity index (χ4n) is 3.78. The zero-order chi connectivity index (χ0) is 22.8. The quantitative estimate of drug-likeness (QED) is 0.344. The van der Waals surface area contributed by atoms with Gasteiger partial charge in [-0.2, -0.15) is 0 Å². The third kappa shape index (κ3) is 4.14. The molecule has 0 saturated heterocycles. The number of imidazole rings is 1. The summed E-state index contributed by atoms with van der Waals surface area (Å²) in [5, 5.41) is 15.4. The minimum Gasteiger partial charge on any atom is -0.481 e. The van der Waals surface area contributed by atoms with Crippen LogP contribution < -0.4 is 10.1 Å². The number of hydrogen-bond donors (Lipinski definition) is 3. The molecule has 0 aliphatic heterocycles. The zero-order valence-corrected chi connectivity index (χ0v) is 17.4. The number of carbonyl (C=O) groups is 2. The molecule has 0 bridgehead atoms. The number of carboxylic acid groups (broad SMARTS) is 1. The van der Waals surface area contributed by atoms with Gasteiger partial charge in [0.1, 0.15) is 17.2 Å². The number of hydrogen-bond acceptors (Lipinski definition) is 4. The molecule has 2 aromatic heterocycles. The van der Waals surface area contributed by atoms with E-state index < -0.39 is 17.9 Å². The Balaban J connectivity index is 1.45. The van der Waals surface area contributed by atoms with E-state index in [-0.39, 0.29) is 12.1 Å². The van der Waals surface area contributed by atoms with Crippen LogP contribution >= 0.6 is 0 Å². The van der Waals surface area contributed by atoms with Gasteiger partial charge in [-0.25, -0.2) is 9.50 Å². The molecule has 8 heteroatoms. The predicted octanol–water partition coefficient (Wildman–Crippen LogP) is 4.55. The number of aromatic nitrogens is 3. The lowest BCUT2D eigenvalue weighted by molar-refractivity contribution is -0.137. The van der Waals surface area contributed by atoms with Gasteiger partial charge in [-0.3, -0.25) is 14.7 Å². The maximum Gasteiger partial charge on any atom is 0.305 e. The molecule has 1 unspecified atom stereocenters. The molecule has 5 rings (SSSR count). The van der Waals surface area contributed by atoms with Crippen LogP contribution in [0.1, 0.15) is 28.5 Å². The molecule has 164 valence electrons. The lowest BCUT2D eigenvalue weighted by atomic mass is 10.0. The van der Waals surface area contributed by atoms with Crippen molar-refractivity contribution in [3.8, 4) is 11.5 Å². The SMILES string of the molecule is O=C(O)CC(NC(=O)c1cc2nc3ccccc3n2[nH]1)c1ccccc1Oc1ccccc1. The van der Waals surface area contributed by atoms with Crippen LogP contribution in [0.4, 0.5) is 0 Å². The number of carbonyl (C=O) groups excluding carboxylic acids is 1. The Kier molecular flexibility index (Phi) is 5.24. The highest BCUT2D eigenvalue weighted by Crippen LogP contribution is 2.31. The molecular weight excluding hydrogens is 420 g/mol. The van der Waals surface area contributed by atoms with E-state index in [2.05, 4.69) is 15.4 Å². The number of nitrogens with one attached hydrogen (secondary N) is 2. The zero-order valence-electron chi connectivity index (χ0n) is 17.4. The highest BCUT2D eigenvalue weighted by atomic mass is 16.5. The van der Waals surface area contributed by atoms with E-state index in [4.69, 9.17) is 4.74 Å². The first-order valence-corrected chi connectivity index (χ1v) is 10.4. The van der Waals surface area contributed by atoms with Crippen molar-refractivity contribution in [3.63, 3.8) is 0 Å². The molecule has 2 heterocycles. The van der Waals surface area contributed by atoms with Crippen molar-refractivity contribution >= 4 is 28.6 Å². The molecule has 3 aromatic carbocycles. The van der Waals surface area contributed by atoms with Crippen molar-refractivity contribution in [2.45, 2.75) is 12.5 Å². The predicted molar refractivity (Wildman–Crippen MR) is 122 cm³/mol. The van der Waals surface area contributed by atoms with Crippen LogP contribution in [0.2, 0.25) is 0 Å². The van der Waals surface area contributed by atoms with E-state index in [0.29, 0.717) is 22.7 Å². The number of carboxylic acids is 1. The molecule has 0 aliphatic rings. The normalized spacial score (nSPS) is 12.0. The van der Waals surface area contributed by atoms with Crippen molar-refractivity contribution in [1.82, 2.24) is 19.9 Å². The van der Waals surface area contributed by atoms with Gasteiger partial charge >= 0.3 is 5.97 Å². The minimum atomic E-state index is -1.04. The monoisotopic (exact) mass is 440 g/mol. The van der Waals surface area contributed by atoms with Gasteiger partial charge in [0.15, 0.2) is 5.65 Å².